The number of anilines is 1. The second-order valence-corrected chi connectivity index (χ2v) is 9.06. The zero-order valence-corrected chi connectivity index (χ0v) is 21.0. The average molecular weight is 580 g/mol. The van der Waals surface area contributed by atoms with Crippen molar-refractivity contribution in [2.75, 3.05) is 5.32 Å². The van der Waals surface area contributed by atoms with Gasteiger partial charge >= 0.3 is 0 Å². The molecule has 2 heterocycles. The van der Waals surface area contributed by atoms with Crippen LogP contribution < -0.4 is 11.1 Å². The van der Waals surface area contributed by atoms with Crippen LogP contribution in [0.5, 0.6) is 0 Å². The Morgan fingerprint density at radius 2 is 1.89 bits per heavy atom. The van der Waals surface area contributed by atoms with Crippen LogP contribution in [0.1, 0.15) is 32.1 Å². The number of benzene rings is 2. The molecule has 0 fully saturated rings. The predicted octanol–water partition coefficient (Wildman–Crippen LogP) is 3.93. The quantitative estimate of drug-likeness (QED) is 0.325. The first kappa shape index (κ1) is 25.4. The molecule has 3 N–H and O–H groups in total. The molecule has 0 spiro atoms. The number of carbonyl (C=O) groups excluding carboxylic acids is 2. The smallest absolute Gasteiger partial charge is 0.273 e. The summed E-state index contributed by atoms with van der Waals surface area (Å²) in [5.74, 6) is -1.20. The van der Waals surface area contributed by atoms with Crippen LogP contribution in [0.4, 0.5) is 14.5 Å². The molecular weight excluding hydrogens is 562 g/mol. The number of tetrazole rings is 1. The second kappa shape index (κ2) is 10.5. The highest BCUT2D eigenvalue weighted by atomic mass is 79.9. The maximum Gasteiger partial charge on any atom is 0.273 e. The van der Waals surface area contributed by atoms with Crippen molar-refractivity contribution in [3.05, 3.63) is 74.5 Å². The Balaban J connectivity index is 1.61. The van der Waals surface area contributed by atoms with Crippen LogP contribution in [0.3, 0.4) is 0 Å². The van der Waals surface area contributed by atoms with Gasteiger partial charge < -0.3 is 11.1 Å². The van der Waals surface area contributed by atoms with Crippen LogP contribution in [0.15, 0.2) is 46.9 Å². The Hall–Kier alpha value is -3.71. The molecule has 4 aromatic rings. The largest absolute Gasteiger partial charge is 0.366 e. The number of carbonyl (C=O) groups is 2. The van der Waals surface area contributed by atoms with E-state index in [0.717, 1.165) is 14.7 Å². The molecule has 0 radical (unpaired) electrons. The number of aryl methyl sites for hydroxylation is 1. The molecule has 10 nitrogen and oxygen atoms in total. The lowest BCUT2D eigenvalue weighted by atomic mass is 10.1. The molecule has 14 heteroatoms. The molecule has 186 valence electrons. The van der Waals surface area contributed by atoms with Gasteiger partial charge in [0, 0.05) is 15.1 Å². The molecule has 2 amide bonds. The van der Waals surface area contributed by atoms with Crippen LogP contribution in [-0.2, 0) is 13.1 Å². The van der Waals surface area contributed by atoms with Gasteiger partial charge in [0.25, 0.3) is 18.2 Å². The average Bonchev–Trinajstić information content (AvgIpc) is 3.42. The Morgan fingerprint density at radius 1 is 1.17 bits per heavy atom. The normalized spacial score (nSPS) is 11.2. The molecule has 4 rings (SSSR count). The summed E-state index contributed by atoms with van der Waals surface area (Å²) < 4.78 is 28.2. The summed E-state index contributed by atoms with van der Waals surface area (Å²) in [4.78, 5) is 26.1. The van der Waals surface area contributed by atoms with Gasteiger partial charge in [0.05, 0.1) is 16.9 Å². The minimum Gasteiger partial charge on any atom is -0.366 e. The maximum absolute atomic E-state index is 13.2. The van der Waals surface area contributed by atoms with Crippen molar-refractivity contribution in [3.63, 3.8) is 0 Å². The minimum atomic E-state index is -2.77. The number of halogens is 4. The summed E-state index contributed by atoms with van der Waals surface area (Å²) in [6.45, 7) is 0.779. The van der Waals surface area contributed by atoms with Gasteiger partial charge in [-0.05, 0) is 60.2 Å². The highest BCUT2D eigenvalue weighted by Crippen LogP contribution is 2.26. The van der Waals surface area contributed by atoms with E-state index in [1.807, 2.05) is 24.3 Å². The summed E-state index contributed by atoms with van der Waals surface area (Å²) in [5.41, 5.74) is 6.83. The first-order valence-corrected chi connectivity index (χ1v) is 11.6. The number of nitrogens with two attached hydrogens (primary N) is 1. The lowest BCUT2D eigenvalue weighted by Gasteiger charge is -2.13. The van der Waals surface area contributed by atoms with E-state index in [1.165, 1.54) is 23.0 Å². The first-order valence-electron chi connectivity index (χ1n) is 10.4. The van der Waals surface area contributed by atoms with Crippen molar-refractivity contribution < 1.29 is 18.4 Å². The fourth-order valence-electron chi connectivity index (χ4n) is 3.45. The van der Waals surface area contributed by atoms with E-state index in [9.17, 15) is 18.4 Å². The standard InChI is InChI=1S/C22H18BrClF2N8O2/c1-11-6-14(24)7-16(20(27)35)19(11)28-22(36)17-8-15(30-33(17)10-18(25)26)9-34-31-21(29-32-34)12-2-4-13(23)5-3-12/h2-8,18H,9-10H2,1H3,(H2,27,35)(H,28,36). The van der Waals surface area contributed by atoms with Gasteiger partial charge in [0.15, 0.2) is 0 Å². The number of primary amides is 1. The monoisotopic (exact) mass is 578 g/mol. The molecule has 36 heavy (non-hydrogen) atoms. The SMILES string of the molecule is Cc1cc(Cl)cc(C(N)=O)c1NC(=O)c1cc(Cn2nnc(-c3ccc(Br)cc3)n2)nn1CC(F)F. The highest BCUT2D eigenvalue weighted by molar-refractivity contribution is 9.10. The molecule has 0 aliphatic rings. The topological polar surface area (TPSA) is 134 Å². The number of amides is 2. The van der Waals surface area contributed by atoms with E-state index in [4.69, 9.17) is 17.3 Å². The van der Waals surface area contributed by atoms with Crippen LogP contribution in [0.2, 0.25) is 5.02 Å². The second-order valence-electron chi connectivity index (χ2n) is 7.71. The van der Waals surface area contributed by atoms with E-state index in [0.29, 0.717) is 11.4 Å². The third-order valence-electron chi connectivity index (χ3n) is 5.04. The van der Waals surface area contributed by atoms with E-state index >= 15 is 0 Å². The van der Waals surface area contributed by atoms with Crippen molar-refractivity contribution in [3.8, 4) is 11.4 Å². The molecule has 0 unspecified atom stereocenters. The Labute approximate surface area is 216 Å². The van der Waals surface area contributed by atoms with Crippen LogP contribution in [0.25, 0.3) is 11.4 Å². The number of hydrogen-bond donors (Lipinski definition) is 2. The predicted molar refractivity (Wildman–Crippen MR) is 131 cm³/mol. The van der Waals surface area contributed by atoms with Gasteiger partial charge in [0.2, 0.25) is 5.82 Å². The molecule has 0 saturated carbocycles. The number of rotatable bonds is 8. The number of nitrogens with zero attached hydrogens (tertiary/aromatic N) is 6. The van der Waals surface area contributed by atoms with Gasteiger partial charge in [-0.3, -0.25) is 14.3 Å². The third-order valence-corrected chi connectivity index (χ3v) is 5.78. The van der Waals surface area contributed by atoms with E-state index < -0.39 is 24.8 Å². The third kappa shape index (κ3) is 5.74. The molecular formula is C22H18BrClF2N8O2. The van der Waals surface area contributed by atoms with Gasteiger partial charge in [-0.25, -0.2) is 8.78 Å². The Bertz CT molecular complexity index is 1440. The first-order chi connectivity index (χ1) is 17.1. The number of aromatic nitrogens is 6. The van der Waals surface area contributed by atoms with Gasteiger partial charge in [-0.2, -0.15) is 9.90 Å². The molecule has 0 aliphatic carbocycles. The van der Waals surface area contributed by atoms with E-state index in [2.05, 4.69) is 41.8 Å². The van der Waals surface area contributed by atoms with Crippen molar-refractivity contribution in [2.45, 2.75) is 26.4 Å². The minimum absolute atomic E-state index is 0.0132. The van der Waals surface area contributed by atoms with E-state index in [1.54, 1.807) is 6.92 Å². The zero-order valence-electron chi connectivity index (χ0n) is 18.6. The lowest BCUT2D eigenvalue weighted by Crippen LogP contribution is -2.23. The zero-order chi connectivity index (χ0) is 26.0. The summed E-state index contributed by atoms with van der Waals surface area (Å²) in [7, 11) is 0. The molecule has 0 saturated heterocycles. The van der Waals surface area contributed by atoms with Crippen molar-refractivity contribution in [1.29, 1.82) is 0 Å². The van der Waals surface area contributed by atoms with Crippen LogP contribution in [-0.4, -0.2) is 48.2 Å². The van der Waals surface area contributed by atoms with Crippen molar-refractivity contribution in [2.24, 2.45) is 5.73 Å². The lowest BCUT2D eigenvalue weighted by molar-refractivity contribution is 0.0988. The number of hydrogen-bond acceptors (Lipinski definition) is 6. The van der Waals surface area contributed by atoms with Gasteiger partial charge in [-0.15, -0.1) is 10.2 Å². The fraction of sp³-hybridized carbons (Fsp3) is 0.182. The van der Waals surface area contributed by atoms with Crippen molar-refractivity contribution >= 4 is 45.0 Å². The molecule has 2 aromatic heterocycles. The molecule has 0 atom stereocenters. The summed E-state index contributed by atoms with van der Waals surface area (Å²) in [6, 6.07) is 11.5. The number of nitrogens with one attached hydrogen (secondary N) is 1. The van der Waals surface area contributed by atoms with Crippen molar-refractivity contribution in [1.82, 2.24) is 30.0 Å². The van der Waals surface area contributed by atoms with Crippen LogP contribution in [0, 0.1) is 6.92 Å². The van der Waals surface area contributed by atoms with E-state index in [-0.39, 0.29) is 34.2 Å². The fourth-order valence-corrected chi connectivity index (χ4v) is 3.99. The highest BCUT2D eigenvalue weighted by Gasteiger charge is 2.22. The van der Waals surface area contributed by atoms with Crippen LogP contribution >= 0.6 is 27.5 Å². The Morgan fingerprint density at radius 3 is 2.56 bits per heavy atom. The summed E-state index contributed by atoms with van der Waals surface area (Å²) in [6.07, 6.45) is -2.77. The maximum atomic E-state index is 13.2. The van der Waals surface area contributed by atoms with Gasteiger partial charge in [-0.1, -0.05) is 27.5 Å². The Kier molecular flexibility index (Phi) is 7.40. The van der Waals surface area contributed by atoms with Gasteiger partial charge in [0.1, 0.15) is 18.8 Å². The summed E-state index contributed by atoms with van der Waals surface area (Å²) >= 11 is 9.35. The molecule has 0 bridgehead atoms. The molecule has 2 aromatic carbocycles. The summed E-state index contributed by atoms with van der Waals surface area (Å²) in [5, 5.41) is 19.2. The molecule has 0 aliphatic heterocycles. The number of alkyl halides is 2.